The molecule has 5 nitrogen and oxygen atoms in total. The summed E-state index contributed by atoms with van der Waals surface area (Å²) < 4.78 is 0. The van der Waals surface area contributed by atoms with Gasteiger partial charge in [0.15, 0.2) is 0 Å². The Bertz CT molecular complexity index is 448. The van der Waals surface area contributed by atoms with Gasteiger partial charge < -0.3 is 15.0 Å². The summed E-state index contributed by atoms with van der Waals surface area (Å²) >= 11 is 0. The maximum absolute atomic E-state index is 11.5. The van der Waals surface area contributed by atoms with Crippen molar-refractivity contribution in [3.63, 3.8) is 0 Å². The second-order valence-corrected chi connectivity index (χ2v) is 4.37. The number of aromatic nitrogens is 1. The van der Waals surface area contributed by atoms with E-state index in [1.54, 1.807) is 19.3 Å². The summed E-state index contributed by atoms with van der Waals surface area (Å²) in [5.74, 6) is -0.212. The molecule has 96 valence electrons. The number of nitrogens with zero attached hydrogens (tertiary/aromatic N) is 2. The van der Waals surface area contributed by atoms with Crippen molar-refractivity contribution in [1.82, 2.24) is 10.3 Å². The van der Waals surface area contributed by atoms with Crippen LogP contribution in [0.2, 0.25) is 0 Å². The van der Waals surface area contributed by atoms with Crippen molar-refractivity contribution < 1.29 is 9.59 Å². The lowest BCUT2D eigenvalue weighted by Crippen LogP contribution is -2.40. The van der Waals surface area contributed by atoms with Crippen LogP contribution in [0.1, 0.15) is 29.8 Å². The maximum atomic E-state index is 11.5. The van der Waals surface area contributed by atoms with E-state index in [1.807, 2.05) is 11.0 Å². The Hall–Kier alpha value is -1.91. The number of hydrogen-bond donors (Lipinski definition) is 1. The molecule has 1 N–H and O–H groups in total. The molecule has 5 heteroatoms. The number of nitrogens with one attached hydrogen (secondary N) is 1. The molecule has 1 aliphatic heterocycles. The summed E-state index contributed by atoms with van der Waals surface area (Å²) in [4.78, 5) is 28.7. The second kappa shape index (κ2) is 5.62. The molecule has 0 aromatic carbocycles. The van der Waals surface area contributed by atoms with Crippen LogP contribution in [0.3, 0.4) is 0 Å². The zero-order chi connectivity index (χ0) is 13.0. The second-order valence-electron chi connectivity index (χ2n) is 4.37. The number of anilines is 1. The predicted octanol–water partition coefficient (Wildman–Crippen LogP) is 0.999. The van der Waals surface area contributed by atoms with Crippen molar-refractivity contribution in [3.8, 4) is 0 Å². The van der Waals surface area contributed by atoms with Gasteiger partial charge >= 0.3 is 0 Å². The first-order valence-electron chi connectivity index (χ1n) is 6.16. The number of hydrogen-bond acceptors (Lipinski definition) is 4. The standard InChI is InChI=1S/C13H17N3O2/c1-14-13(18)12-8-10(5-6-15-12)16-7-3-2-4-11(16)9-17/h5-6,8-9,11H,2-4,7H2,1H3,(H,14,18). The van der Waals surface area contributed by atoms with Crippen LogP contribution < -0.4 is 10.2 Å². The average molecular weight is 247 g/mol. The van der Waals surface area contributed by atoms with Crippen LogP contribution in [0.5, 0.6) is 0 Å². The molecule has 2 heterocycles. The van der Waals surface area contributed by atoms with Crippen molar-refractivity contribution >= 4 is 17.9 Å². The molecule has 1 aromatic heterocycles. The van der Waals surface area contributed by atoms with Crippen molar-refractivity contribution in [2.24, 2.45) is 0 Å². The molecule has 0 aliphatic carbocycles. The minimum atomic E-state index is -0.212. The zero-order valence-corrected chi connectivity index (χ0v) is 10.4. The Morgan fingerprint density at radius 3 is 3.11 bits per heavy atom. The van der Waals surface area contributed by atoms with Crippen LogP contribution in [0.4, 0.5) is 5.69 Å². The SMILES string of the molecule is CNC(=O)c1cc(N2CCCCC2C=O)ccn1. The lowest BCUT2D eigenvalue weighted by Gasteiger charge is -2.34. The molecule has 1 aromatic rings. The molecule has 1 aliphatic rings. The first-order chi connectivity index (χ1) is 8.76. The van der Waals surface area contributed by atoms with Crippen molar-refractivity contribution in [1.29, 1.82) is 0 Å². The molecular weight excluding hydrogens is 230 g/mol. The Morgan fingerprint density at radius 1 is 1.56 bits per heavy atom. The Kier molecular flexibility index (Phi) is 3.92. The number of rotatable bonds is 3. The van der Waals surface area contributed by atoms with Crippen molar-refractivity contribution in [2.45, 2.75) is 25.3 Å². The van der Waals surface area contributed by atoms with Gasteiger partial charge in [-0.15, -0.1) is 0 Å². The van der Waals surface area contributed by atoms with E-state index in [1.165, 1.54) is 0 Å². The molecule has 0 spiro atoms. The average Bonchev–Trinajstić information content (AvgIpc) is 2.46. The summed E-state index contributed by atoms with van der Waals surface area (Å²) in [7, 11) is 1.58. The van der Waals surface area contributed by atoms with Gasteiger partial charge in [0.2, 0.25) is 0 Å². The molecule has 0 saturated carbocycles. The molecular formula is C13H17N3O2. The van der Waals surface area contributed by atoms with E-state index < -0.39 is 0 Å². The summed E-state index contributed by atoms with van der Waals surface area (Å²) in [5, 5.41) is 2.55. The molecule has 18 heavy (non-hydrogen) atoms. The Morgan fingerprint density at radius 2 is 2.39 bits per heavy atom. The highest BCUT2D eigenvalue weighted by Crippen LogP contribution is 2.23. The minimum Gasteiger partial charge on any atom is -0.362 e. The molecule has 1 atom stereocenters. The van der Waals surface area contributed by atoms with Crippen LogP contribution in [0.25, 0.3) is 0 Å². The Labute approximate surface area is 106 Å². The van der Waals surface area contributed by atoms with Crippen molar-refractivity contribution in [3.05, 3.63) is 24.0 Å². The highest BCUT2D eigenvalue weighted by molar-refractivity contribution is 5.93. The monoisotopic (exact) mass is 247 g/mol. The van der Waals surface area contributed by atoms with Crippen LogP contribution in [0.15, 0.2) is 18.3 Å². The third kappa shape index (κ3) is 2.50. The van der Waals surface area contributed by atoms with E-state index in [0.29, 0.717) is 5.69 Å². The van der Waals surface area contributed by atoms with E-state index >= 15 is 0 Å². The maximum Gasteiger partial charge on any atom is 0.269 e. The third-order valence-electron chi connectivity index (χ3n) is 3.24. The summed E-state index contributed by atoms with van der Waals surface area (Å²) in [6.45, 7) is 0.848. The number of aldehydes is 1. The molecule has 2 rings (SSSR count). The fourth-order valence-electron chi connectivity index (χ4n) is 2.27. The lowest BCUT2D eigenvalue weighted by molar-refractivity contribution is -0.109. The van der Waals surface area contributed by atoms with E-state index in [9.17, 15) is 9.59 Å². The summed E-state index contributed by atoms with van der Waals surface area (Å²) in [5.41, 5.74) is 1.27. The van der Waals surface area contributed by atoms with Gasteiger partial charge in [0.05, 0.1) is 6.04 Å². The lowest BCUT2D eigenvalue weighted by atomic mass is 10.0. The van der Waals surface area contributed by atoms with E-state index in [0.717, 1.165) is 37.8 Å². The smallest absolute Gasteiger partial charge is 0.269 e. The van der Waals surface area contributed by atoms with Crippen LogP contribution in [-0.2, 0) is 4.79 Å². The molecule has 1 amide bonds. The molecule has 0 radical (unpaired) electrons. The van der Waals surface area contributed by atoms with Gasteiger partial charge in [-0.25, -0.2) is 0 Å². The summed E-state index contributed by atoms with van der Waals surface area (Å²) in [6, 6.07) is 3.49. The van der Waals surface area contributed by atoms with Crippen LogP contribution in [-0.4, -0.2) is 36.8 Å². The highest BCUT2D eigenvalue weighted by Gasteiger charge is 2.22. The van der Waals surface area contributed by atoms with Gasteiger partial charge in [-0.2, -0.15) is 0 Å². The highest BCUT2D eigenvalue weighted by atomic mass is 16.1. The van der Waals surface area contributed by atoms with Gasteiger partial charge in [-0.05, 0) is 31.4 Å². The number of carbonyl (C=O) groups excluding carboxylic acids is 2. The van der Waals surface area contributed by atoms with Gasteiger partial charge in [-0.3, -0.25) is 9.78 Å². The van der Waals surface area contributed by atoms with Crippen LogP contribution in [0, 0.1) is 0 Å². The first kappa shape index (κ1) is 12.5. The van der Waals surface area contributed by atoms with Gasteiger partial charge in [0, 0.05) is 25.5 Å². The van der Waals surface area contributed by atoms with Crippen LogP contribution >= 0.6 is 0 Å². The minimum absolute atomic E-state index is 0.0845. The van der Waals surface area contributed by atoms with E-state index in [4.69, 9.17) is 0 Å². The van der Waals surface area contributed by atoms with Crippen molar-refractivity contribution in [2.75, 3.05) is 18.5 Å². The van der Waals surface area contributed by atoms with Gasteiger partial charge in [0.1, 0.15) is 12.0 Å². The largest absolute Gasteiger partial charge is 0.362 e. The topological polar surface area (TPSA) is 62.3 Å². The fraction of sp³-hybridized carbons (Fsp3) is 0.462. The summed E-state index contributed by atoms with van der Waals surface area (Å²) in [6.07, 6.45) is 5.62. The molecule has 1 fully saturated rings. The number of carbonyl (C=O) groups is 2. The quantitative estimate of drug-likeness (QED) is 0.809. The first-order valence-corrected chi connectivity index (χ1v) is 6.16. The molecule has 0 bridgehead atoms. The van der Waals surface area contributed by atoms with Gasteiger partial charge in [-0.1, -0.05) is 0 Å². The zero-order valence-electron chi connectivity index (χ0n) is 10.4. The van der Waals surface area contributed by atoms with Gasteiger partial charge in [0.25, 0.3) is 5.91 Å². The molecule has 1 saturated heterocycles. The predicted molar refractivity (Wildman–Crippen MR) is 68.7 cm³/mol. The normalized spacial score (nSPS) is 19.4. The van der Waals surface area contributed by atoms with E-state index in [-0.39, 0.29) is 11.9 Å². The fourth-order valence-corrected chi connectivity index (χ4v) is 2.27. The Balaban J connectivity index is 2.26. The number of pyridine rings is 1. The third-order valence-corrected chi connectivity index (χ3v) is 3.24. The molecule has 1 unspecified atom stereocenters. The number of amides is 1. The van der Waals surface area contributed by atoms with E-state index in [2.05, 4.69) is 10.3 Å². The number of piperidine rings is 1.